The summed E-state index contributed by atoms with van der Waals surface area (Å²) >= 11 is 0. The Morgan fingerprint density at radius 1 is 1.61 bits per heavy atom. The first-order valence-electron chi connectivity index (χ1n) is 5.52. The molecule has 98 valence electrons. The number of H-pyrrole nitrogens is 1. The lowest BCUT2D eigenvalue weighted by atomic mass is 10.1. The van der Waals surface area contributed by atoms with Crippen LogP contribution in [0, 0.1) is 5.92 Å². The van der Waals surface area contributed by atoms with Crippen molar-refractivity contribution in [1.82, 2.24) is 19.5 Å². The lowest BCUT2D eigenvalue weighted by molar-refractivity contribution is 0.0476. The van der Waals surface area contributed by atoms with Gasteiger partial charge in [-0.1, -0.05) is 6.92 Å². The van der Waals surface area contributed by atoms with Crippen LogP contribution < -0.4 is 11.3 Å². The summed E-state index contributed by atoms with van der Waals surface area (Å²) in [5.74, 6) is -0.181. The highest BCUT2D eigenvalue weighted by atomic mass is 16.3. The van der Waals surface area contributed by atoms with Gasteiger partial charge in [-0.3, -0.25) is 9.78 Å². The van der Waals surface area contributed by atoms with Crippen molar-refractivity contribution in [3.8, 4) is 0 Å². The van der Waals surface area contributed by atoms with E-state index in [9.17, 15) is 9.90 Å². The zero-order valence-electron chi connectivity index (χ0n) is 9.87. The van der Waals surface area contributed by atoms with Gasteiger partial charge < -0.3 is 20.5 Å². The van der Waals surface area contributed by atoms with Crippen molar-refractivity contribution >= 4 is 17.1 Å². The summed E-state index contributed by atoms with van der Waals surface area (Å²) in [6.07, 6.45) is 0.634. The van der Waals surface area contributed by atoms with Gasteiger partial charge in [-0.05, 0) is 0 Å². The molecule has 2 atom stereocenters. The van der Waals surface area contributed by atoms with Gasteiger partial charge in [0.05, 0.1) is 19.0 Å². The number of nitrogens with one attached hydrogen (secondary N) is 1. The number of anilines is 1. The van der Waals surface area contributed by atoms with Crippen LogP contribution in [-0.2, 0) is 6.54 Å². The third-order valence-corrected chi connectivity index (χ3v) is 2.82. The highest BCUT2D eigenvalue weighted by Crippen LogP contribution is 2.11. The molecule has 8 nitrogen and oxygen atoms in total. The van der Waals surface area contributed by atoms with Gasteiger partial charge in [0, 0.05) is 12.5 Å². The zero-order chi connectivity index (χ0) is 13.3. The third kappa shape index (κ3) is 2.20. The van der Waals surface area contributed by atoms with Crippen LogP contribution in [0.2, 0.25) is 0 Å². The standard InChI is InChI=1S/C10H15N5O3/c1-5(6(17)3-16)2-15-4-12-7-8(15)13-10(11)14-9(7)18/h4-6,16-17H,2-3H2,1H3,(H3,11,13,14,18)/t5-,6+/m0/s1. The summed E-state index contributed by atoms with van der Waals surface area (Å²) in [6, 6.07) is 0. The minimum Gasteiger partial charge on any atom is -0.394 e. The van der Waals surface area contributed by atoms with E-state index in [1.807, 2.05) is 0 Å². The van der Waals surface area contributed by atoms with E-state index in [1.54, 1.807) is 11.5 Å². The van der Waals surface area contributed by atoms with Crippen LogP contribution in [0.3, 0.4) is 0 Å². The normalized spacial score (nSPS) is 14.8. The number of fused-ring (bicyclic) bond motifs is 1. The predicted octanol–water partition coefficient (Wildman–Crippen LogP) is -1.31. The number of aliphatic hydroxyl groups excluding tert-OH is 2. The van der Waals surface area contributed by atoms with Gasteiger partial charge >= 0.3 is 0 Å². The molecule has 0 radical (unpaired) electrons. The van der Waals surface area contributed by atoms with Gasteiger partial charge in [0.2, 0.25) is 5.95 Å². The van der Waals surface area contributed by atoms with E-state index in [1.165, 1.54) is 6.33 Å². The molecule has 0 spiro atoms. The third-order valence-electron chi connectivity index (χ3n) is 2.82. The van der Waals surface area contributed by atoms with Crippen molar-refractivity contribution < 1.29 is 10.2 Å². The van der Waals surface area contributed by atoms with E-state index in [0.29, 0.717) is 12.2 Å². The first kappa shape index (κ1) is 12.5. The number of nitrogen functional groups attached to an aromatic ring is 1. The molecule has 18 heavy (non-hydrogen) atoms. The summed E-state index contributed by atoms with van der Waals surface area (Å²) in [5.41, 5.74) is 5.65. The first-order chi connectivity index (χ1) is 8.52. The summed E-state index contributed by atoms with van der Waals surface area (Å²) in [6.45, 7) is 1.85. The quantitative estimate of drug-likeness (QED) is 0.535. The molecule has 2 aromatic heterocycles. The van der Waals surface area contributed by atoms with E-state index in [-0.39, 0.29) is 24.0 Å². The van der Waals surface area contributed by atoms with Crippen LogP contribution in [0.4, 0.5) is 5.95 Å². The number of nitrogens with two attached hydrogens (primary N) is 1. The Morgan fingerprint density at radius 3 is 3.00 bits per heavy atom. The predicted molar refractivity (Wildman–Crippen MR) is 64.8 cm³/mol. The van der Waals surface area contributed by atoms with Crippen LogP contribution >= 0.6 is 0 Å². The van der Waals surface area contributed by atoms with Crippen molar-refractivity contribution in [3.05, 3.63) is 16.7 Å². The van der Waals surface area contributed by atoms with Gasteiger partial charge in [0.25, 0.3) is 5.56 Å². The lowest BCUT2D eigenvalue weighted by Gasteiger charge is -2.17. The number of imidazole rings is 1. The largest absolute Gasteiger partial charge is 0.394 e. The van der Waals surface area contributed by atoms with E-state index in [2.05, 4.69) is 15.0 Å². The molecule has 0 aliphatic carbocycles. The fourth-order valence-electron chi connectivity index (χ4n) is 1.72. The molecule has 0 saturated heterocycles. The molecule has 0 aromatic carbocycles. The average Bonchev–Trinajstić information content (AvgIpc) is 2.71. The number of aliphatic hydroxyl groups is 2. The Kier molecular flexibility index (Phi) is 3.30. The first-order valence-corrected chi connectivity index (χ1v) is 5.52. The molecule has 0 saturated carbocycles. The van der Waals surface area contributed by atoms with Crippen molar-refractivity contribution in [2.24, 2.45) is 5.92 Å². The molecular formula is C10H15N5O3. The highest BCUT2D eigenvalue weighted by molar-refractivity contribution is 5.70. The molecule has 0 bridgehead atoms. The number of hydrogen-bond acceptors (Lipinski definition) is 6. The molecule has 0 amide bonds. The van der Waals surface area contributed by atoms with E-state index >= 15 is 0 Å². The monoisotopic (exact) mass is 253 g/mol. The fourth-order valence-corrected chi connectivity index (χ4v) is 1.72. The van der Waals surface area contributed by atoms with Crippen LogP contribution in [0.1, 0.15) is 6.92 Å². The van der Waals surface area contributed by atoms with Crippen molar-refractivity contribution in [3.63, 3.8) is 0 Å². The Hall–Kier alpha value is -1.93. The number of aromatic amines is 1. The SMILES string of the molecule is C[C@@H](Cn1cnc2c(=O)[nH]c(N)nc21)[C@H](O)CO. The van der Waals surface area contributed by atoms with Gasteiger partial charge in [-0.15, -0.1) is 0 Å². The van der Waals surface area contributed by atoms with E-state index in [0.717, 1.165) is 0 Å². The fraction of sp³-hybridized carbons (Fsp3) is 0.500. The number of rotatable bonds is 4. The second-order valence-corrected chi connectivity index (χ2v) is 4.25. The summed E-state index contributed by atoms with van der Waals surface area (Å²) in [5, 5.41) is 18.4. The minimum absolute atomic E-state index is 0.0182. The molecule has 0 aliphatic heterocycles. The van der Waals surface area contributed by atoms with E-state index in [4.69, 9.17) is 10.8 Å². The molecule has 8 heteroatoms. The lowest BCUT2D eigenvalue weighted by Crippen LogP contribution is -2.25. The van der Waals surface area contributed by atoms with Gasteiger partial charge in [-0.25, -0.2) is 4.98 Å². The Labute approximate surface area is 102 Å². The molecule has 2 aromatic rings. The van der Waals surface area contributed by atoms with Gasteiger partial charge in [0.1, 0.15) is 0 Å². The maximum Gasteiger partial charge on any atom is 0.280 e. The Balaban J connectivity index is 2.38. The summed E-state index contributed by atoms with van der Waals surface area (Å²) < 4.78 is 1.63. The second-order valence-electron chi connectivity index (χ2n) is 4.25. The molecule has 2 rings (SSSR count). The Morgan fingerprint density at radius 2 is 2.33 bits per heavy atom. The van der Waals surface area contributed by atoms with Crippen molar-refractivity contribution in [1.29, 1.82) is 0 Å². The van der Waals surface area contributed by atoms with Gasteiger partial charge in [-0.2, -0.15) is 4.98 Å². The van der Waals surface area contributed by atoms with Crippen molar-refractivity contribution in [2.45, 2.75) is 19.6 Å². The molecule has 2 heterocycles. The maximum atomic E-state index is 11.5. The minimum atomic E-state index is -0.832. The van der Waals surface area contributed by atoms with Crippen LogP contribution in [0.25, 0.3) is 11.2 Å². The molecule has 0 unspecified atom stereocenters. The van der Waals surface area contributed by atoms with Gasteiger partial charge in [0.15, 0.2) is 11.2 Å². The summed E-state index contributed by atoms with van der Waals surface area (Å²) in [7, 11) is 0. The smallest absolute Gasteiger partial charge is 0.280 e. The second kappa shape index (κ2) is 4.75. The molecule has 5 N–H and O–H groups in total. The van der Waals surface area contributed by atoms with Crippen LogP contribution in [0.5, 0.6) is 0 Å². The molecular weight excluding hydrogens is 238 g/mol. The number of aromatic nitrogens is 4. The van der Waals surface area contributed by atoms with E-state index < -0.39 is 11.7 Å². The topological polar surface area (TPSA) is 130 Å². The molecule has 0 fully saturated rings. The van der Waals surface area contributed by atoms with Crippen LogP contribution in [0.15, 0.2) is 11.1 Å². The number of hydrogen-bond donors (Lipinski definition) is 4. The maximum absolute atomic E-state index is 11.5. The summed E-state index contributed by atoms with van der Waals surface area (Å²) in [4.78, 5) is 21.9. The number of nitrogens with zero attached hydrogens (tertiary/aromatic N) is 3. The van der Waals surface area contributed by atoms with Crippen LogP contribution in [-0.4, -0.2) is 42.4 Å². The zero-order valence-corrected chi connectivity index (χ0v) is 9.87. The Bertz CT molecular complexity index is 605. The average molecular weight is 253 g/mol. The van der Waals surface area contributed by atoms with Crippen molar-refractivity contribution in [2.75, 3.05) is 12.3 Å². The molecule has 0 aliphatic rings. The highest BCUT2D eigenvalue weighted by Gasteiger charge is 2.16.